The first kappa shape index (κ1) is 21.1. The summed E-state index contributed by atoms with van der Waals surface area (Å²) < 4.78 is 15.3. The van der Waals surface area contributed by atoms with Gasteiger partial charge in [0, 0.05) is 11.6 Å². The van der Waals surface area contributed by atoms with Crippen molar-refractivity contribution in [2.75, 3.05) is 5.32 Å². The second-order valence-corrected chi connectivity index (χ2v) is 8.93. The predicted molar refractivity (Wildman–Crippen MR) is 122 cm³/mol. The molecule has 9 nitrogen and oxygen atoms in total. The monoisotopic (exact) mass is 466 g/mol. The Bertz CT molecular complexity index is 1340. The highest BCUT2D eigenvalue weighted by molar-refractivity contribution is 7.17. The maximum Gasteiger partial charge on any atom is 0.324 e. The van der Waals surface area contributed by atoms with Gasteiger partial charge in [0.1, 0.15) is 11.6 Å². The van der Waals surface area contributed by atoms with Crippen LogP contribution in [-0.4, -0.2) is 30.6 Å². The zero-order valence-corrected chi connectivity index (χ0v) is 18.2. The summed E-state index contributed by atoms with van der Waals surface area (Å²) in [6.07, 6.45) is 7.04. The number of amides is 1. The SMILES string of the molecule is O=C(Nc1nc(-c2ccc(F)cc2)nc2c1cnn2C1CCCCC1)c1ccc([N+](=O)[O-])s1. The van der Waals surface area contributed by atoms with Crippen molar-refractivity contribution in [3.63, 3.8) is 0 Å². The molecule has 1 aliphatic rings. The maximum atomic E-state index is 13.5. The summed E-state index contributed by atoms with van der Waals surface area (Å²) in [7, 11) is 0. The number of thiophene rings is 1. The van der Waals surface area contributed by atoms with Crippen molar-refractivity contribution in [3.8, 4) is 11.4 Å². The van der Waals surface area contributed by atoms with Crippen LogP contribution in [0.4, 0.5) is 15.2 Å². The molecule has 1 amide bonds. The van der Waals surface area contributed by atoms with E-state index in [1.54, 1.807) is 18.3 Å². The number of nitro groups is 1. The van der Waals surface area contributed by atoms with Gasteiger partial charge in [-0.15, -0.1) is 0 Å². The average molecular weight is 466 g/mol. The van der Waals surface area contributed by atoms with Crippen LogP contribution in [0.3, 0.4) is 0 Å². The Kier molecular flexibility index (Phi) is 5.55. The van der Waals surface area contributed by atoms with E-state index in [0.717, 1.165) is 37.0 Å². The lowest BCUT2D eigenvalue weighted by atomic mass is 9.96. The number of benzene rings is 1. The quantitative estimate of drug-likeness (QED) is 0.313. The third-order valence-electron chi connectivity index (χ3n) is 5.70. The number of carbonyl (C=O) groups is 1. The van der Waals surface area contributed by atoms with E-state index in [1.807, 2.05) is 4.68 Å². The van der Waals surface area contributed by atoms with Crippen LogP contribution in [-0.2, 0) is 0 Å². The van der Waals surface area contributed by atoms with Crippen LogP contribution in [0.25, 0.3) is 22.4 Å². The number of aromatic nitrogens is 4. The Labute approximate surface area is 191 Å². The first-order valence-electron chi connectivity index (χ1n) is 10.6. The molecule has 1 N–H and O–H groups in total. The molecular formula is C22H19FN6O3S. The van der Waals surface area contributed by atoms with E-state index in [4.69, 9.17) is 4.98 Å². The molecule has 1 saturated carbocycles. The lowest BCUT2D eigenvalue weighted by Crippen LogP contribution is -2.15. The summed E-state index contributed by atoms with van der Waals surface area (Å²) in [4.78, 5) is 32.7. The number of fused-ring (bicyclic) bond motifs is 1. The Hall–Kier alpha value is -3.73. The molecule has 0 unspecified atom stereocenters. The minimum Gasteiger partial charge on any atom is -0.305 e. The fraction of sp³-hybridized carbons (Fsp3) is 0.273. The highest BCUT2D eigenvalue weighted by atomic mass is 32.1. The normalized spacial score (nSPS) is 14.5. The van der Waals surface area contributed by atoms with E-state index >= 15 is 0 Å². The smallest absolute Gasteiger partial charge is 0.305 e. The molecule has 3 heterocycles. The van der Waals surface area contributed by atoms with Gasteiger partial charge in [0.2, 0.25) is 0 Å². The fourth-order valence-corrected chi connectivity index (χ4v) is 4.77. The van der Waals surface area contributed by atoms with Gasteiger partial charge in [-0.3, -0.25) is 14.9 Å². The first-order chi connectivity index (χ1) is 16.0. The molecule has 11 heteroatoms. The van der Waals surface area contributed by atoms with Crippen LogP contribution >= 0.6 is 11.3 Å². The summed E-state index contributed by atoms with van der Waals surface area (Å²) in [5, 5.41) is 18.7. The van der Waals surface area contributed by atoms with Crippen LogP contribution in [0.5, 0.6) is 0 Å². The zero-order valence-electron chi connectivity index (χ0n) is 17.4. The van der Waals surface area contributed by atoms with E-state index in [1.165, 1.54) is 30.7 Å². The molecule has 4 aromatic rings. The van der Waals surface area contributed by atoms with Gasteiger partial charge in [0.05, 0.1) is 27.4 Å². The van der Waals surface area contributed by atoms with Crippen molar-refractivity contribution in [1.29, 1.82) is 0 Å². The van der Waals surface area contributed by atoms with Gasteiger partial charge < -0.3 is 5.32 Å². The molecule has 0 bridgehead atoms. The second-order valence-electron chi connectivity index (χ2n) is 7.87. The third kappa shape index (κ3) is 4.19. The van der Waals surface area contributed by atoms with E-state index in [2.05, 4.69) is 15.4 Å². The molecule has 0 atom stereocenters. The Morgan fingerprint density at radius 3 is 2.58 bits per heavy atom. The standard InChI is InChI=1S/C22H19FN6O3S/c23-14-8-6-13(7-9-14)19-25-20(27-22(30)17-10-11-18(33-17)29(31)32)16-12-24-28(21(16)26-19)15-4-2-1-3-5-15/h6-12,15H,1-5H2,(H,25,26,27,30). The van der Waals surface area contributed by atoms with Crippen LogP contribution in [0.15, 0.2) is 42.6 Å². The third-order valence-corrected chi connectivity index (χ3v) is 6.74. The number of nitrogens with zero attached hydrogens (tertiary/aromatic N) is 5. The molecule has 5 rings (SSSR count). The largest absolute Gasteiger partial charge is 0.324 e. The molecule has 0 spiro atoms. The van der Waals surface area contributed by atoms with Gasteiger partial charge in [-0.05, 0) is 43.2 Å². The van der Waals surface area contributed by atoms with Crippen LogP contribution < -0.4 is 5.32 Å². The minimum atomic E-state index is -0.537. The van der Waals surface area contributed by atoms with Crippen molar-refractivity contribution < 1.29 is 14.1 Å². The van der Waals surface area contributed by atoms with Gasteiger partial charge >= 0.3 is 5.00 Å². The Morgan fingerprint density at radius 2 is 1.88 bits per heavy atom. The van der Waals surface area contributed by atoms with Gasteiger partial charge in [-0.2, -0.15) is 5.10 Å². The first-order valence-corrected chi connectivity index (χ1v) is 11.4. The van der Waals surface area contributed by atoms with Gasteiger partial charge in [0.25, 0.3) is 5.91 Å². The summed E-state index contributed by atoms with van der Waals surface area (Å²) in [6, 6.07) is 8.70. The summed E-state index contributed by atoms with van der Waals surface area (Å²) in [5.41, 5.74) is 1.18. The molecule has 33 heavy (non-hydrogen) atoms. The van der Waals surface area contributed by atoms with Crippen molar-refractivity contribution in [2.24, 2.45) is 0 Å². The number of hydrogen-bond acceptors (Lipinski definition) is 7. The van der Waals surface area contributed by atoms with Crippen molar-refractivity contribution in [2.45, 2.75) is 38.1 Å². The lowest BCUT2D eigenvalue weighted by Gasteiger charge is -2.22. The maximum absolute atomic E-state index is 13.5. The molecular weight excluding hydrogens is 447 g/mol. The molecule has 0 saturated heterocycles. The molecule has 0 aliphatic heterocycles. The van der Waals surface area contributed by atoms with Crippen LogP contribution in [0.1, 0.15) is 47.8 Å². The summed E-state index contributed by atoms with van der Waals surface area (Å²) in [6.45, 7) is 0. The van der Waals surface area contributed by atoms with Crippen molar-refractivity contribution >= 4 is 39.1 Å². The van der Waals surface area contributed by atoms with E-state index < -0.39 is 10.8 Å². The Balaban J connectivity index is 1.58. The van der Waals surface area contributed by atoms with E-state index in [9.17, 15) is 19.3 Å². The number of carbonyl (C=O) groups excluding carboxylic acids is 1. The molecule has 168 valence electrons. The van der Waals surface area contributed by atoms with E-state index in [0.29, 0.717) is 22.4 Å². The Morgan fingerprint density at radius 1 is 1.12 bits per heavy atom. The number of nitrogens with one attached hydrogen (secondary N) is 1. The summed E-state index contributed by atoms with van der Waals surface area (Å²) >= 11 is 0.787. The number of halogens is 1. The predicted octanol–water partition coefficient (Wildman–Crippen LogP) is 5.36. The average Bonchev–Trinajstić information content (AvgIpc) is 3.48. The van der Waals surface area contributed by atoms with Gasteiger partial charge in [0.15, 0.2) is 11.5 Å². The van der Waals surface area contributed by atoms with Crippen LogP contribution in [0, 0.1) is 15.9 Å². The van der Waals surface area contributed by atoms with Crippen molar-refractivity contribution in [1.82, 2.24) is 19.7 Å². The highest BCUT2D eigenvalue weighted by Gasteiger charge is 2.23. The molecule has 1 aliphatic carbocycles. The molecule has 1 aromatic carbocycles. The molecule has 1 fully saturated rings. The number of hydrogen-bond donors (Lipinski definition) is 1. The topological polar surface area (TPSA) is 116 Å². The lowest BCUT2D eigenvalue weighted by molar-refractivity contribution is -0.380. The summed E-state index contributed by atoms with van der Waals surface area (Å²) in [5.74, 6) is -0.307. The van der Waals surface area contributed by atoms with Gasteiger partial charge in [-0.1, -0.05) is 30.6 Å². The molecule has 3 aromatic heterocycles. The van der Waals surface area contributed by atoms with E-state index in [-0.39, 0.29) is 27.6 Å². The highest BCUT2D eigenvalue weighted by Crippen LogP contribution is 2.33. The fourth-order valence-electron chi connectivity index (χ4n) is 4.06. The van der Waals surface area contributed by atoms with Crippen LogP contribution in [0.2, 0.25) is 0 Å². The number of rotatable bonds is 5. The molecule has 0 radical (unpaired) electrons. The second kappa shape index (κ2) is 8.66. The minimum absolute atomic E-state index is 0.120. The van der Waals surface area contributed by atoms with Crippen molar-refractivity contribution in [3.05, 3.63) is 63.4 Å². The van der Waals surface area contributed by atoms with Gasteiger partial charge in [-0.25, -0.2) is 19.0 Å². The zero-order chi connectivity index (χ0) is 22.9. The number of anilines is 1.